The number of hydrogen-bond donors (Lipinski definition) is 2. The van der Waals surface area contributed by atoms with Crippen molar-refractivity contribution in [1.82, 2.24) is 0 Å². The number of non-ortho nitro benzene ring substituents is 2. The Kier molecular flexibility index (Phi) is 7.42. The van der Waals surface area contributed by atoms with Crippen molar-refractivity contribution in [2.45, 2.75) is 0 Å². The maximum atomic E-state index is 11.3. The largest absolute Gasteiger partial charge is 0.476 e. The summed E-state index contributed by atoms with van der Waals surface area (Å²) >= 11 is 0. The van der Waals surface area contributed by atoms with Crippen molar-refractivity contribution in [2.75, 3.05) is 0 Å². The Bertz CT molecular complexity index is 2120. The van der Waals surface area contributed by atoms with E-state index in [1.165, 1.54) is 24.3 Å². The van der Waals surface area contributed by atoms with E-state index >= 15 is 0 Å². The van der Waals surface area contributed by atoms with Crippen molar-refractivity contribution < 1.29 is 38.0 Å². The zero-order valence-corrected chi connectivity index (χ0v) is 24.8. The smallest absolute Gasteiger partial charge is 0.390 e. The molecule has 0 radical (unpaired) electrons. The number of aromatic nitrogens is 2. The normalized spacial score (nSPS) is 11.0. The van der Waals surface area contributed by atoms with Crippen molar-refractivity contribution >= 4 is 11.4 Å². The summed E-state index contributed by atoms with van der Waals surface area (Å²) in [6.45, 7) is 0. The van der Waals surface area contributed by atoms with Crippen LogP contribution in [-0.4, -0.2) is 20.1 Å². The van der Waals surface area contributed by atoms with E-state index in [0.717, 1.165) is 0 Å². The Balaban J connectivity index is 1.40. The van der Waals surface area contributed by atoms with Crippen molar-refractivity contribution in [3.8, 4) is 68.7 Å². The Labute approximate surface area is 271 Å². The highest BCUT2D eigenvalue weighted by Gasteiger charge is 2.36. The number of nitro benzene ring substituents is 2. The molecule has 0 saturated heterocycles. The molecule has 234 valence electrons. The third-order valence-corrected chi connectivity index (χ3v) is 7.76. The lowest BCUT2D eigenvalue weighted by Crippen LogP contribution is -2.35. The van der Waals surface area contributed by atoms with Crippen LogP contribution in [-0.2, 0) is 0 Å². The van der Waals surface area contributed by atoms with Crippen LogP contribution < -0.4 is 9.13 Å². The number of nitrogens with zero attached hydrogens (tertiary/aromatic N) is 4. The van der Waals surface area contributed by atoms with Gasteiger partial charge in [-0.2, -0.15) is 0 Å². The molecule has 12 nitrogen and oxygen atoms in total. The van der Waals surface area contributed by atoms with Gasteiger partial charge in [0.25, 0.3) is 11.4 Å². The molecule has 0 aliphatic heterocycles. The number of oxazole rings is 2. The van der Waals surface area contributed by atoms with E-state index in [-0.39, 0.29) is 35.0 Å². The molecule has 48 heavy (non-hydrogen) atoms. The molecular formula is C36H24N4O8+2. The van der Waals surface area contributed by atoms with Gasteiger partial charge in [0, 0.05) is 48.5 Å². The van der Waals surface area contributed by atoms with Crippen LogP contribution >= 0.6 is 0 Å². The number of benzene rings is 5. The topological polar surface area (TPSA) is 161 Å². The van der Waals surface area contributed by atoms with Gasteiger partial charge in [-0.1, -0.05) is 36.4 Å². The van der Waals surface area contributed by atoms with Gasteiger partial charge < -0.3 is 19.0 Å². The number of hydrogen-bond acceptors (Lipinski definition) is 8. The monoisotopic (exact) mass is 640 g/mol. The first-order chi connectivity index (χ1) is 23.3. The van der Waals surface area contributed by atoms with Crippen molar-refractivity contribution in [2.24, 2.45) is 0 Å². The lowest BCUT2D eigenvalue weighted by Gasteiger charge is -2.03. The minimum atomic E-state index is -0.495. The lowest BCUT2D eigenvalue weighted by atomic mass is 10.1. The summed E-state index contributed by atoms with van der Waals surface area (Å²) < 4.78 is 15.2. The molecule has 0 amide bonds. The molecule has 0 aliphatic rings. The van der Waals surface area contributed by atoms with E-state index in [9.17, 15) is 30.4 Å². The molecule has 0 aliphatic carbocycles. The molecule has 2 heterocycles. The standard InChI is InChI=1S/C36H22N4O8/c41-35-31(23-7-3-1-4-8-23)37(33(47-35)25-11-15-29(16-12-25)39(43)44)27-19-21-28(22-20-27)38-32(24-9-5-2-6-10-24)36(42)48-34(38)26-13-17-30(18-14-26)40(45)46/h1-22H/p+2. The highest BCUT2D eigenvalue weighted by atomic mass is 16.6. The van der Waals surface area contributed by atoms with Crippen LogP contribution in [0.5, 0.6) is 11.9 Å². The molecule has 2 aromatic heterocycles. The van der Waals surface area contributed by atoms with Gasteiger partial charge in [0.1, 0.15) is 0 Å². The zero-order chi connectivity index (χ0) is 33.4. The Hall–Kier alpha value is -7.08. The second-order valence-electron chi connectivity index (χ2n) is 10.6. The van der Waals surface area contributed by atoms with Gasteiger partial charge in [-0.3, -0.25) is 20.2 Å². The van der Waals surface area contributed by atoms with Crippen LogP contribution in [0.1, 0.15) is 0 Å². The summed E-state index contributed by atoms with van der Waals surface area (Å²) in [4.78, 5) is 21.6. The van der Waals surface area contributed by atoms with Gasteiger partial charge in [-0.25, -0.2) is 0 Å². The summed E-state index contributed by atoms with van der Waals surface area (Å²) in [6, 6.07) is 37.1. The van der Waals surface area contributed by atoms with Gasteiger partial charge in [-0.05, 0) is 48.5 Å². The van der Waals surface area contributed by atoms with Crippen LogP contribution in [0.2, 0.25) is 0 Å². The molecule has 2 N–H and O–H groups in total. The summed E-state index contributed by atoms with van der Waals surface area (Å²) in [6.07, 6.45) is 0. The first-order valence-corrected chi connectivity index (χ1v) is 14.6. The van der Waals surface area contributed by atoms with E-state index in [0.29, 0.717) is 45.0 Å². The van der Waals surface area contributed by atoms with Crippen LogP contribution in [0.4, 0.5) is 11.4 Å². The van der Waals surface area contributed by atoms with Crippen LogP contribution in [0.25, 0.3) is 56.8 Å². The predicted octanol–water partition coefficient (Wildman–Crippen LogP) is 7.32. The van der Waals surface area contributed by atoms with Crippen LogP contribution in [0.3, 0.4) is 0 Å². The van der Waals surface area contributed by atoms with E-state index in [1.54, 1.807) is 57.7 Å². The first kappa shape index (κ1) is 29.6. The molecule has 5 aromatic carbocycles. The quantitative estimate of drug-likeness (QED) is 0.0992. The van der Waals surface area contributed by atoms with Crippen molar-refractivity contribution in [3.63, 3.8) is 0 Å². The fraction of sp³-hybridized carbons (Fsp3) is 0. The molecule has 12 heteroatoms. The third-order valence-electron chi connectivity index (χ3n) is 7.76. The minimum Gasteiger partial charge on any atom is -0.476 e. The maximum Gasteiger partial charge on any atom is 0.390 e. The number of rotatable bonds is 8. The van der Waals surface area contributed by atoms with Crippen molar-refractivity contribution in [1.29, 1.82) is 0 Å². The summed E-state index contributed by atoms with van der Waals surface area (Å²) in [5.74, 6) is -0.225. The number of nitro groups is 2. The van der Waals surface area contributed by atoms with Crippen LogP contribution in [0.15, 0.2) is 142 Å². The molecule has 0 bridgehead atoms. The third kappa shape index (κ3) is 5.28. The van der Waals surface area contributed by atoms with Gasteiger partial charge in [-0.15, -0.1) is 9.13 Å². The highest BCUT2D eigenvalue weighted by molar-refractivity contribution is 5.66. The zero-order valence-electron chi connectivity index (χ0n) is 24.8. The van der Waals surface area contributed by atoms with Gasteiger partial charge in [0.15, 0.2) is 0 Å². The molecular weight excluding hydrogens is 616 g/mol. The van der Waals surface area contributed by atoms with Gasteiger partial charge in [0.05, 0.1) is 32.1 Å². The Morgan fingerprint density at radius 1 is 0.458 bits per heavy atom. The van der Waals surface area contributed by atoms with Gasteiger partial charge >= 0.3 is 35.1 Å². The molecule has 0 unspecified atom stereocenters. The van der Waals surface area contributed by atoms with E-state index in [1.807, 2.05) is 60.7 Å². The summed E-state index contributed by atoms with van der Waals surface area (Å²) in [5, 5.41) is 44.7. The molecule has 0 saturated carbocycles. The second kappa shape index (κ2) is 12.0. The fourth-order valence-electron chi connectivity index (χ4n) is 5.53. The molecule has 0 fully saturated rings. The lowest BCUT2D eigenvalue weighted by molar-refractivity contribution is -0.579. The Morgan fingerprint density at radius 2 is 0.792 bits per heavy atom. The summed E-state index contributed by atoms with van der Waals surface area (Å²) in [5.41, 5.74) is 4.02. The van der Waals surface area contributed by atoms with E-state index in [4.69, 9.17) is 8.83 Å². The average Bonchev–Trinajstić information content (AvgIpc) is 3.65. The van der Waals surface area contributed by atoms with E-state index < -0.39 is 9.85 Å². The molecule has 7 aromatic rings. The predicted molar refractivity (Wildman–Crippen MR) is 172 cm³/mol. The second-order valence-corrected chi connectivity index (χ2v) is 10.6. The van der Waals surface area contributed by atoms with Crippen molar-refractivity contribution in [3.05, 3.63) is 154 Å². The van der Waals surface area contributed by atoms with E-state index in [2.05, 4.69) is 0 Å². The maximum absolute atomic E-state index is 11.3. The van der Waals surface area contributed by atoms with Crippen LogP contribution in [0, 0.1) is 20.2 Å². The first-order valence-electron chi connectivity index (χ1n) is 14.6. The Morgan fingerprint density at radius 3 is 1.10 bits per heavy atom. The SMILES string of the molecule is O=[N+]([O-])c1ccc(-c2oc(O)c(-c3ccccc3)[n+]2-c2ccc(-[n+]3c(-c4ccc([N+](=O)[O-])cc4)oc(O)c3-c3ccccc3)cc2)cc1. The molecule has 0 spiro atoms. The van der Waals surface area contributed by atoms with Gasteiger partial charge in [0.2, 0.25) is 11.4 Å². The summed E-state index contributed by atoms with van der Waals surface area (Å²) in [7, 11) is 0. The molecule has 0 atom stereocenters. The fourth-order valence-corrected chi connectivity index (χ4v) is 5.53. The molecule has 7 rings (SSSR count). The minimum absolute atomic E-state index is 0.0906. The number of aromatic hydroxyl groups is 2. The highest BCUT2D eigenvalue weighted by Crippen LogP contribution is 2.36. The average molecular weight is 641 g/mol.